The molecule has 0 amide bonds. The molecule has 0 aromatic heterocycles. The first-order chi connectivity index (χ1) is 9.45. The van der Waals surface area contributed by atoms with Gasteiger partial charge in [-0.25, -0.2) is 4.39 Å². The zero-order valence-corrected chi connectivity index (χ0v) is 12.1. The summed E-state index contributed by atoms with van der Waals surface area (Å²) in [6.45, 7) is 5.93. The lowest BCUT2D eigenvalue weighted by Crippen LogP contribution is -2.18. The van der Waals surface area contributed by atoms with Crippen molar-refractivity contribution < 1.29 is 9.13 Å². The van der Waals surface area contributed by atoms with Gasteiger partial charge in [0, 0.05) is 6.04 Å². The topological polar surface area (TPSA) is 35.2 Å². The molecule has 0 saturated heterocycles. The van der Waals surface area contributed by atoms with Crippen molar-refractivity contribution in [3.63, 3.8) is 0 Å². The van der Waals surface area contributed by atoms with Crippen LogP contribution in [0.1, 0.15) is 23.6 Å². The van der Waals surface area contributed by atoms with E-state index in [0.29, 0.717) is 12.2 Å². The zero-order valence-electron chi connectivity index (χ0n) is 12.1. The van der Waals surface area contributed by atoms with E-state index in [0.717, 1.165) is 16.9 Å². The Kier molecular flexibility index (Phi) is 4.40. The molecule has 0 radical (unpaired) electrons. The highest BCUT2D eigenvalue weighted by atomic mass is 19.1. The maximum Gasteiger partial charge on any atom is 0.130 e. The summed E-state index contributed by atoms with van der Waals surface area (Å²) in [6.07, 6.45) is 0.581. The van der Waals surface area contributed by atoms with Crippen LogP contribution >= 0.6 is 0 Å². The average molecular weight is 273 g/mol. The van der Waals surface area contributed by atoms with Crippen molar-refractivity contribution in [2.75, 3.05) is 0 Å². The minimum atomic E-state index is -0.270. The van der Waals surface area contributed by atoms with E-state index >= 15 is 0 Å². The first kappa shape index (κ1) is 14.5. The minimum Gasteiger partial charge on any atom is -0.457 e. The van der Waals surface area contributed by atoms with Crippen LogP contribution in [0.2, 0.25) is 0 Å². The van der Waals surface area contributed by atoms with Gasteiger partial charge in [0.1, 0.15) is 17.3 Å². The van der Waals surface area contributed by atoms with Crippen molar-refractivity contribution in [1.82, 2.24) is 0 Å². The van der Waals surface area contributed by atoms with E-state index in [2.05, 4.69) is 6.07 Å². The fourth-order valence-electron chi connectivity index (χ4n) is 2.19. The molecule has 2 aromatic rings. The highest BCUT2D eigenvalue weighted by Crippen LogP contribution is 2.29. The molecule has 0 bridgehead atoms. The normalized spacial score (nSPS) is 12.2. The fraction of sp³-hybridized carbons (Fsp3) is 0.294. The van der Waals surface area contributed by atoms with Gasteiger partial charge in [0.15, 0.2) is 0 Å². The van der Waals surface area contributed by atoms with Crippen molar-refractivity contribution in [2.24, 2.45) is 5.73 Å². The predicted molar refractivity (Wildman–Crippen MR) is 79.7 cm³/mol. The molecule has 0 aliphatic rings. The Hall–Kier alpha value is -1.87. The van der Waals surface area contributed by atoms with Gasteiger partial charge in [-0.1, -0.05) is 17.7 Å². The van der Waals surface area contributed by atoms with Crippen LogP contribution < -0.4 is 10.5 Å². The van der Waals surface area contributed by atoms with E-state index in [1.807, 2.05) is 32.9 Å². The maximum atomic E-state index is 13.4. The molecular weight excluding hydrogens is 253 g/mol. The van der Waals surface area contributed by atoms with Gasteiger partial charge in [-0.2, -0.15) is 0 Å². The number of hydrogen-bond donors (Lipinski definition) is 1. The molecule has 0 aliphatic heterocycles. The predicted octanol–water partition coefficient (Wildman–Crippen LogP) is 4.12. The Morgan fingerprint density at radius 2 is 1.80 bits per heavy atom. The van der Waals surface area contributed by atoms with Crippen molar-refractivity contribution in [1.29, 1.82) is 0 Å². The number of nitrogens with two attached hydrogens (primary N) is 1. The Morgan fingerprint density at radius 1 is 1.10 bits per heavy atom. The Bertz CT molecular complexity index is 608. The molecule has 0 saturated carbocycles. The van der Waals surface area contributed by atoms with Gasteiger partial charge in [-0.3, -0.25) is 0 Å². The van der Waals surface area contributed by atoms with Crippen LogP contribution in [0.5, 0.6) is 11.5 Å². The lowest BCUT2D eigenvalue weighted by atomic mass is 10.1. The first-order valence-electron chi connectivity index (χ1n) is 6.75. The SMILES string of the molecule is Cc1ccc(Oc2ccc(F)cc2CC(C)N)c(C)c1. The van der Waals surface area contributed by atoms with Gasteiger partial charge in [0.05, 0.1) is 0 Å². The van der Waals surface area contributed by atoms with Gasteiger partial charge < -0.3 is 10.5 Å². The van der Waals surface area contributed by atoms with Crippen LogP contribution in [0.4, 0.5) is 4.39 Å². The average Bonchev–Trinajstić information content (AvgIpc) is 2.34. The van der Waals surface area contributed by atoms with Crippen molar-refractivity contribution >= 4 is 0 Å². The van der Waals surface area contributed by atoms with Gasteiger partial charge in [0.25, 0.3) is 0 Å². The molecule has 2 N–H and O–H groups in total. The highest BCUT2D eigenvalue weighted by Gasteiger charge is 2.10. The second kappa shape index (κ2) is 6.06. The molecule has 3 heteroatoms. The third-order valence-corrected chi connectivity index (χ3v) is 3.11. The summed E-state index contributed by atoms with van der Waals surface area (Å²) in [4.78, 5) is 0. The molecular formula is C17H20FNO. The quantitative estimate of drug-likeness (QED) is 0.909. The first-order valence-corrected chi connectivity index (χ1v) is 6.75. The van der Waals surface area contributed by atoms with E-state index in [9.17, 15) is 4.39 Å². The molecule has 2 aromatic carbocycles. The second-order valence-corrected chi connectivity index (χ2v) is 5.30. The molecule has 0 spiro atoms. The maximum absolute atomic E-state index is 13.4. The van der Waals surface area contributed by atoms with E-state index in [1.54, 1.807) is 6.07 Å². The standard InChI is InChI=1S/C17H20FNO/c1-11-4-6-16(12(2)8-11)20-17-7-5-15(18)10-14(17)9-13(3)19/h4-8,10,13H,9,19H2,1-3H3. The minimum absolute atomic E-state index is 0.0433. The Morgan fingerprint density at radius 3 is 2.45 bits per heavy atom. The summed E-state index contributed by atoms with van der Waals surface area (Å²) >= 11 is 0. The van der Waals surface area contributed by atoms with E-state index < -0.39 is 0 Å². The molecule has 0 fully saturated rings. The Balaban J connectivity index is 2.32. The number of benzene rings is 2. The smallest absolute Gasteiger partial charge is 0.130 e. The molecule has 1 atom stereocenters. The molecule has 20 heavy (non-hydrogen) atoms. The zero-order chi connectivity index (χ0) is 14.7. The number of hydrogen-bond acceptors (Lipinski definition) is 2. The molecule has 2 rings (SSSR count). The van der Waals surface area contributed by atoms with Crippen LogP contribution in [0.15, 0.2) is 36.4 Å². The summed E-state index contributed by atoms with van der Waals surface area (Å²) < 4.78 is 19.3. The van der Waals surface area contributed by atoms with Crippen LogP contribution in [-0.2, 0) is 6.42 Å². The lowest BCUT2D eigenvalue weighted by molar-refractivity contribution is 0.467. The van der Waals surface area contributed by atoms with Crippen molar-refractivity contribution in [3.8, 4) is 11.5 Å². The van der Waals surface area contributed by atoms with Crippen LogP contribution in [0, 0.1) is 19.7 Å². The summed E-state index contributed by atoms with van der Waals surface area (Å²) in [7, 11) is 0. The van der Waals surface area contributed by atoms with Crippen LogP contribution in [0.25, 0.3) is 0 Å². The molecule has 1 unspecified atom stereocenters. The summed E-state index contributed by atoms with van der Waals surface area (Å²) in [5.74, 6) is 1.18. The third kappa shape index (κ3) is 3.58. The summed E-state index contributed by atoms with van der Waals surface area (Å²) in [5, 5.41) is 0. The van der Waals surface area contributed by atoms with Gasteiger partial charge in [0.2, 0.25) is 0 Å². The summed E-state index contributed by atoms with van der Waals surface area (Å²) in [5.41, 5.74) is 8.84. The van der Waals surface area contributed by atoms with E-state index in [-0.39, 0.29) is 11.9 Å². The molecule has 0 heterocycles. The fourth-order valence-corrected chi connectivity index (χ4v) is 2.19. The number of halogens is 1. The van der Waals surface area contributed by atoms with Crippen LogP contribution in [0.3, 0.4) is 0 Å². The third-order valence-electron chi connectivity index (χ3n) is 3.11. The van der Waals surface area contributed by atoms with Gasteiger partial charge in [-0.05, 0) is 62.6 Å². The summed E-state index contributed by atoms with van der Waals surface area (Å²) in [6, 6.07) is 10.5. The van der Waals surface area contributed by atoms with Gasteiger partial charge in [-0.15, -0.1) is 0 Å². The largest absolute Gasteiger partial charge is 0.457 e. The highest BCUT2D eigenvalue weighted by molar-refractivity contribution is 5.42. The lowest BCUT2D eigenvalue weighted by Gasteiger charge is -2.14. The number of aryl methyl sites for hydroxylation is 2. The number of rotatable bonds is 4. The van der Waals surface area contributed by atoms with Crippen LogP contribution in [-0.4, -0.2) is 6.04 Å². The van der Waals surface area contributed by atoms with E-state index in [1.165, 1.54) is 17.7 Å². The molecule has 106 valence electrons. The second-order valence-electron chi connectivity index (χ2n) is 5.30. The monoisotopic (exact) mass is 273 g/mol. The van der Waals surface area contributed by atoms with E-state index in [4.69, 9.17) is 10.5 Å². The molecule has 0 aliphatic carbocycles. The van der Waals surface area contributed by atoms with Crippen molar-refractivity contribution in [2.45, 2.75) is 33.2 Å². The Labute approximate surface area is 119 Å². The van der Waals surface area contributed by atoms with Crippen molar-refractivity contribution in [3.05, 3.63) is 58.9 Å². The molecule has 2 nitrogen and oxygen atoms in total. The number of ether oxygens (including phenoxy) is 1. The van der Waals surface area contributed by atoms with Gasteiger partial charge >= 0.3 is 0 Å².